The van der Waals surface area contributed by atoms with Gasteiger partial charge in [0, 0.05) is 18.7 Å². The molecule has 3 aromatic carbocycles. The van der Waals surface area contributed by atoms with Crippen LogP contribution < -0.4 is 23.8 Å². The van der Waals surface area contributed by atoms with Gasteiger partial charge in [-0.1, -0.05) is 19.1 Å². The molecular formula is C32H40FN3O7S. The van der Waals surface area contributed by atoms with Crippen molar-refractivity contribution >= 4 is 27.5 Å². The van der Waals surface area contributed by atoms with Crippen LogP contribution in [-0.4, -0.2) is 64.6 Å². The van der Waals surface area contributed by atoms with Crippen molar-refractivity contribution in [2.24, 2.45) is 0 Å². The maximum atomic E-state index is 14.2. The summed E-state index contributed by atoms with van der Waals surface area (Å²) in [5.74, 6) is -0.394. The summed E-state index contributed by atoms with van der Waals surface area (Å²) in [6, 6.07) is 14.9. The normalized spacial score (nSPS) is 11.9. The number of amides is 2. The van der Waals surface area contributed by atoms with Gasteiger partial charge in [0.05, 0.1) is 31.4 Å². The van der Waals surface area contributed by atoms with Crippen molar-refractivity contribution in [1.29, 1.82) is 0 Å². The number of hydrogen-bond donors (Lipinski definition) is 1. The summed E-state index contributed by atoms with van der Waals surface area (Å²) < 4.78 is 59.1. The Hall–Kier alpha value is -4.32. The van der Waals surface area contributed by atoms with Crippen LogP contribution in [0.3, 0.4) is 0 Å². The molecule has 0 saturated heterocycles. The summed E-state index contributed by atoms with van der Waals surface area (Å²) in [5.41, 5.74) is 0.781. The molecule has 0 bridgehead atoms. The number of nitrogens with zero attached hydrogens (tertiary/aromatic N) is 2. The van der Waals surface area contributed by atoms with Gasteiger partial charge in [0.25, 0.3) is 10.0 Å². The number of sulfonamides is 1. The summed E-state index contributed by atoms with van der Waals surface area (Å²) in [5, 5.41) is 2.84. The standard InChI is InChI=1S/C32H40FN3O7S/c1-7-28(32(38)34-22(3)4)35(20-23-9-11-24(33)12-10-23)31(37)21-36(25-13-15-26(16-14-25)43-8-2)44(39,40)27-17-18-29(41-5)30(19-27)42-6/h9-19,22,28H,7-8,20-21H2,1-6H3,(H,34,38)/t28-/m1/s1. The highest BCUT2D eigenvalue weighted by Gasteiger charge is 2.34. The molecule has 3 aromatic rings. The van der Waals surface area contributed by atoms with E-state index in [1.807, 2.05) is 6.92 Å². The third-order valence-corrected chi connectivity index (χ3v) is 8.51. The minimum absolute atomic E-state index is 0.0450. The van der Waals surface area contributed by atoms with Gasteiger partial charge in [0.2, 0.25) is 11.8 Å². The number of methoxy groups -OCH3 is 2. The second-order valence-electron chi connectivity index (χ2n) is 10.2. The number of ether oxygens (including phenoxy) is 3. The molecule has 0 spiro atoms. The van der Waals surface area contributed by atoms with Gasteiger partial charge in [0.15, 0.2) is 11.5 Å². The summed E-state index contributed by atoms with van der Waals surface area (Å²) in [7, 11) is -1.53. The van der Waals surface area contributed by atoms with E-state index in [4.69, 9.17) is 14.2 Å². The molecule has 0 fully saturated rings. The van der Waals surface area contributed by atoms with E-state index in [9.17, 15) is 22.4 Å². The molecule has 238 valence electrons. The Labute approximate surface area is 258 Å². The zero-order chi connectivity index (χ0) is 32.4. The number of carbonyl (C=O) groups excluding carboxylic acids is 2. The zero-order valence-electron chi connectivity index (χ0n) is 25.9. The van der Waals surface area contributed by atoms with Crippen molar-refractivity contribution in [2.75, 3.05) is 31.7 Å². The van der Waals surface area contributed by atoms with Gasteiger partial charge < -0.3 is 24.4 Å². The summed E-state index contributed by atoms with van der Waals surface area (Å²) in [6.07, 6.45) is 0.261. The van der Waals surface area contributed by atoms with Crippen molar-refractivity contribution in [2.45, 2.75) is 57.6 Å². The van der Waals surface area contributed by atoms with Crippen molar-refractivity contribution in [3.05, 3.63) is 78.1 Å². The Kier molecular flexibility index (Phi) is 12.0. The predicted molar refractivity (Wildman–Crippen MR) is 166 cm³/mol. The Balaban J connectivity index is 2.11. The van der Waals surface area contributed by atoms with Crippen molar-refractivity contribution < 1.29 is 36.6 Å². The van der Waals surface area contributed by atoms with E-state index in [1.165, 1.54) is 61.6 Å². The first kappa shape index (κ1) is 34.2. The van der Waals surface area contributed by atoms with Crippen LogP contribution in [0.5, 0.6) is 17.2 Å². The van der Waals surface area contributed by atoms with Gasteiger partial charge in [-0.25, -0.2) is 12.8 Å². The minimum Gasteiger partial charge on any atom is -0.494 e. The molecule has 3 rings (SSSR count). The molecule has 10 nitrogen and oxygen atoms in total. The first-order chi connectivity index (χ1) is 20.9. The van der Waals surface area contributed by atoms with E-state index in [2.05, 4.69) is 5.32 Å². The number of nitrogens with one attached hydrogen (secondary N) is 1. The fourth-order valence-electron chi connectivity index (χ4n) is 4.59. The van der Waals surface area contributed by atoms with Crippen molar-refractivity contribution in [1.82, 2.24) is 10.2 Å². The van der Waals surface area contributed by atoms with Gasteiger partial charge in [-0.2, -0.15) is 0 Å². The van der Waals surface area contributed by atoms with Gasteiger partial charge in [-0.15, -0.1) is 0 Å². The van der Waals surface area contributed by atoms with Gasteiger partial charge in [0.1, 0.15) is 24.2 Å². The maximum Gasteiger partial charge on any atom is 0.264 e. The molecule has 0 saturated carbocycles. The third kappa shape index (κ3) is 8.40. The maximum absolute atomic E-state index is 14.2. The second kappa shape index (κ2) is 15.4. The number of rotatable bonds is 15. The fraction of sp³-hybridized carbons (Fsp3) is 0.375. The predicted octanol–water partition coefficient (Wildman–Crippen LogP) is 4.77. The number of anilines is 1. The molecule has 44 heavy (non-hydrogen) atoms. The topological polar surface area (TPSA) is 114 Å². The molecule has 0 radical (unpaired) electrons. The second-order valence-corrected chi connectivity index (χ2v) is 12.1. The largest absolute Gasteiger partial charge is 0.494 e. The Morgan fingerprint density at radius 3 is 2.09 bits per heavy atom. The highest BCUT2D eigenvalue weighted by Crippen LogP contribution is 2.33. The molecule has 0 heterocycles. The molecule has 2 amide bonds. The Morgan fingerprint density at radius 1 is 0.909 bits per heavy atom. The van der Waals surface area contributed by atoms with Crippen molar-refractivity contribution in [3.8, 4) is 17.2 Å². The van der Waals surface area contributed by atoms with E-state index in [-0.39, 0.29) is 41.2 Å². The Morgan fingerprint density at radius 2 is 1.55 bits per heavy atom. The number of halogens is 1. The quantitative estimate of drug-likeness (QED) is 0.258. The fourth-order valence-corrected chi connectivity index (χ4v) is 6.03. The smallest absolute Gasteiger partial charge is 0.264 e. The third-order valence-electron chi connectivity index (χ3n) is 6.74. The van der Waals surface area contributed by atoms with Crippen LogP contribution in [0.25, 0.3) is 0 Å². The van der Waals surface area contributed by atoms with Gasteiger partial charge >= 0.3 is 0 Å². The van der Waals surface area contributed by atoms with Crippen LogP contribution in [-0.2, 0) is 26.2 Å². The minimum atomic E-state index is -4.36. The van der Waals surface area contributed by atoms with E-state index in [0.717, 1.165) is 4.31 Å². The summed E-state index contributed by atoms with van der Waals surface area (Å²) >= 11 is 0. The van der Waals surface area contributed by atoms with Crippen molar-refractivity contribution in [3.63, 3.8) is 0 Å². The molecule has 0 aliphatic carbocycles. The molecule has 0 aliphatic heterocycles. The van der Waals surface area contributed by atoms with Crippen LogP contribution in [0.1, 0.15) is 39.7 Å². The van der Waals surface area contributed by atoms with Gasteiger partial charge in [-0.3, -0.25) is 13.9 Å². The molecule has 1 N–H and O–H groups in total. The van der Waals surface area contributed by atoms with Crippen LogP contribution >= 0.6 is 0 Å². The van der Waals surface area contributed by atoms with E-state index >= 15 is 0 Å². The molecule has 1 atom stereocenters. The lowest BCUT2D eigenvalue weighted by atomic mass is 10.1. The zero-order valence-corrected chi connectivity index (χ0v) is 26.7. The molecule has 0 aromatic heterocycles. The van der Waals surface area contributed by atoms with E-state index in [0.29, 0.717) is 23.7 Å². The lowest BCUT2D eigenvalue weighted by Crippen LogP contribution is -2.53. The van der Waals surface area contributed by atoms with Gasteiger partial charge in [-0.05, 0) is 81.3 Å². The lowest BCUT2D eigenvalue weighted by Gasteiger charge is -2.33. The highest BCUT2D eigenvalue weighted by atomic mass is 32.2. The SMILES string of the molecule is CCOc1ccc(N(CC(=O)N(Cc2ccc(F)cc2)[C@H](CC)C(=O)NC(C)C)S(=O)(=O)c2ccc(OC)c(OC)c2)cc1. The number of carbonyl (C=O) groups is 2. The first-order valence-corrected chi connectivity index (χ1v) is 15.7. The van der Waals surface area contributed by atoms with Crippen LogP contribution in [0, 0.1) is 5.82 Å². The lowest BCUT2D eigenvalue weighted by molar-refractivity contribution is -0.140. The Bertz CT molecular complexity index is 1510. The molecule has 12 heteroatoms. The van der Waals surface area contributed by atoms with E-state index in [1.54, 1.807) is 45.0 Å². The average Bonchev–Trinajstić information content (AvgIpc) is 3.00. The average molecular weight is 630 g/mol. The van der Waals surface area contributed by atoms with Crippen LogP contribution in [0.4, 0.5) is 10.1 Å². The number of benzene rings is 3. The van der Waals surface area contributed by atoms with E-state index < -0.39 is 34.3 Å². The summed E-state index contributed by atoms with van der Waals surface area (Å²) in [4.78, 5) is 28.6. The molecule has 0 aliphatic rings. The first-order valence-electron chi connectivity index (χ1n) is 14.3. The van der Waals surface area contributed by atoms with Crippen LogP contribution in [0.2, 0.25) is 0 Å². The number of hydrogen-bond acceptors (Lipinski definition) is 7. The monoisotopic (exact) mass is 629 g/mol. The highest BCUT2D eigenvalue weighted by molar-refractivity contribution is 7.92. The molecular weight excluding hydrogens is 589 g/mol. The summed E-state index contributed by atoms with van der Waals surface area (Å²) in [6.45, 7) is 6.95. The van der Waals surface area contributed by atoms with Crippen LogP contribution in [0.15, 0.2) is 71.6 Å². The molecule has 0 unspecified atom stereocenters.